The molecule has 1 saturated heterocycles. The highest BCUT2D eigenvalue weighted by molar-refractivity contribution is 7.92. The summed E-state index contributed by atoms with van der Waals surface area (Å²) in [7, 11) is -1.98. The molecule has 2 aromatic rings. The van der Waals surface area contributed by atoms with Crippen LogP contribution in [-0.2, 0) is 9.73 Å². The summed E-state index contributed by atoms with van der Waals surface area (Å²) in [6.45, 7) is 2.62. The maximum absolute atomic E-state index is 11.7. The minimum atomic E-state index is -1.98. The summed E-state index contributed by atoms with van der Waals surface area (Å²) >= 11 is 0. The highest BCUT2D eigenvalue weighted by Gasteiger charge is 2.20. The van der Waals surface area contributed by atoms with E-state index in [0.717, 1.165) is 43.1 Å². The first-order valence-corrected chi connectivity index (χ1v) is 10.6. The van der Waals surface area contributed by atoms with E-state index in [1.54, 1.807) is 12.5 Å². The normalized spacial score (nSPS) is 16.2. The van der Waals surface area contributed by atoms with Gasteiger partial charge in [-0.2, -0.15) is 0 Å². The van der Waals surface area contributed by atoms with Crippen molar-refractivity contribution >= 4 is 15.5 Å². The van der Waals surface area contributed by atoms with Crippen LogP contribution in [0.3, 0.4) is 0 Å². The molecule has 1 aliphatic heterocycles. The van der Waals surface area contributed by atoms with Crippen LogP contribution in [0.1, 0.15) is 12.8 Å². The van der Waals surface area contributed by atoms with Crippen molar-refractivity contribution in [3.8, 4) is 11.4 Å². The standard InChI is InChI=1S/C18H24N4OS/c1-24(2,23)20-14-15-9-12-22(13-10-15)17-8-11-19-18(21-17)16-6-4-3-5-7-16/h3-8,11,15H,9-10,12-14H2,1-2H3. The molecule has 0 amide bonds. The van der Waals surface area contributed by atoms with Crippen LogP contribution in [0.4, 0.5) is 5.82 Å². The maximum Gasteiger partial charge on any atom is 0.161 e. The van der Waals surface area contributed by atoms with Crippen LogP contribution in [0.15, 0.2) is 47.0 Å². The van der Waals surface area contributed by atoms with Crippen molar-refractivity contribution < 1.29 is 4.21 Å². The largest absolute Gasteiger partial charge is 0.356 e. The van der Waals surface area contributed by atoms with Gasteiger partial charge in [0.05, 0.1) is 6.54 Å². The lowest BCUT2D eigenvalue weighted by Crippen LogP contribution is -2.35. The fraction of sp³-hybridized carbons (Fsp3) is 0.444. The van der Waals surface area contributed by atoms with Crippen molar-refractivity contribution in [1.82, 2.24) is 9.97 Å². The molecule has 0 saturated carbocycles. The van der Waals surface area contributed by atoms with Crippen molar-refractivity contribution in [3.63, 3.8) is 0 Å². The van der Waals surface area contributed by atoms with Gasteiger partial charge in [-0.25, -0.2) is 14.3 Å². The molecule has 2 heterocycles. The van der Waals surface area contributed by atoms with Crippen molar-refractivity contribution in [2.45, 2.75) is 12.8 Å². The molecule has 6 heteroatoms. The molecule has 0 spiro atoms. The summed E-state index contributed by atoms with van der Waals surface area (Å²) in [6, 6.07) is 12.0. The second-order valence-electron chi connectivity index (χ2n) is 6.53. The number of piperidine rings is 1. The predicted octanol–water partition coefficient (Wildman–Crippen LogP) is 3.09. The Labute approximate surface area is 144 Å². The van der Waals surface area contributed by atoms with Crippen molar-refractivity contribution in [1.29, 1.82) is 0 Å². The fourth-order valence-electron chi connectivity index (χ4n) is 2.88. The molecule has 1 aromatic heterocycles. The molecule has 128 valence electrons. The highest BCUT2D eigenvalue weighted by atomic mass is 32.2. The summed E-state index contributed by atoms with van der Waals surface area (Å²) < 4.78 is 16.0. The van der Waals surface area contributed by atoms with E-state index in [-0.39, 0.29) is 0 Å². The third-order valence-corrected chi connectivity index (χ3v) is 5.03. The maximum atomic E-state index is 11.7. The average molecular weight is 344 g/mol. The van der Waals surface area contributed by atoms with Crippen molar-refractivity contribution in [2.24, 2.45) is 10.3 Å². The minimum absolute atomic E-state index is 0.525. The molecule has 0 atom stereocenters. The molecular formula is C18H24N4OS. The summed E-state index contributed by atoms with van der Waals surface area (Å²) in [5.41, 5.74) is 1.04. The summed E-state index contributed by atoms with van der Waals surface area (Å²) in [5, 5.41) is 0. The van der Waals surface area contributed by atoms with E-state index >= 15 is 0 Å². The SMILES string of the molecule is CS(C)(=O)=NCC1CCN(c2ccnc(-c3ccccc3)n2)CC1. The van der Waals surface area contributed by atoms with Crippen LogP contribution in [0, 0.1) is 5.92 Å². The average Bonchev–Trinajstić information content (AvgIpc) is 2.61. The Balaban J connectivity index is 1.66. The molecule has 3 rings (SSSR count). The topological polar surface area (TPSA) is 58.5 Å². The Morgan fingerprint density at radius 2 is 1.88 bits per heavy atom. The highest BCUT2D eigenvalue weighted by Crippen LogP contribution is 2.24. The Hall–Kier alpha value is -1.95. The molecule has 5 nitrogen and oxygen atoms in total. The number of hydrogen-bond acceptors (Lipinski definition) is 5. The van der Waals surface area contributed by atoms with Gasteiger partial charge in [0.2, 0.25) is 0 Å². The second-order valence-corrected chi connectivity index (χ2v) is 9.15. The Kier molecular flexibility index (Phi) is 5.14. The van der Waals surface area contributed by atoms with E-state index in [1.165, 1.54) is 0 Å². The van der Waals surface area contributed by atoms with Crippen molar-refractivity contribution in [2.75, 3.05) is 37.0 Å². The molecular weight excluding hydrogens is 320 g/mol. The number of nitrogens with zero attached hydrogens (tertiary/aromatic N) is 4. The van der Waals surface area contributed by atoms with Crippen LogP contribution in [0.25, 0.3) is 11.4 Å². The first kappa shape index (κ1) is 16.9. The van der Waals surface area contributed by atoms with Gasteiger partial charge in [-0.15, -0.1) is 0 Å². The van der Waals surface area contributed by atoms with E-state index in [0.29, 0.717) is 12.5 Å². The van der Waals surface area contributed by atoms with E-state index in [1.807, 2.05) is 42.6 Å². The molecule has 0 unspecified atom stereocenters. The third kappa shape index (κ3) is 4.54. The third-order valence-electron chi connectivity index (χ3n) is 4.26. The molecule has 24 heavy (non-hydrogen) atoms. The van der Waals surface area contributed by atoms with Gasteiger partial charge in [-0.1, -0.05) is 30.3 Å². The molecule has 0 N–H and O–H groups in total. The monoisotopic (exact) mass is 344 g/mol. The summed E-state index contributed by atoms with van der Waals surface area (Å²) in [4.78, 5) is 11.4. The quantitative estimate of drug-likeness (QED) is 0.855. The molecule has 0 radical (unpaired) electrons. The lowest BCUT2D eigenvalue weighted by molar-refractivity contribution is 0.414. The van der Waals surface area contributed by atoms with E-state index in [2.05, 4.69) is 14.2 Å². The van der Waals surface area contributed by atoms with E-state index in [9.17, 15) is 4.21 Å². The van der Waals surface area contributed by atoms with Crippen molar-refractivity contribution in [3.05, 3.63) is 42.6 Å². The number of benzene rings is 1. The predicted molar refractivity (Wildman–Crippen MR) is 99.7 cm³/mol. The fourth-order valence-corrected chi connectivity index (χ4v) is 3.45. The van der Waals surface area contributed by atoms with Crippen LogP contribution < -0.4 is 4.90 Å². The Morgan fingerprint density at radius 1 is 1.17 bits per heavy atom. The van der Waals surface area contributed by atoms with Gasteiger partial charge in [-0.3, -0.25) is 4.21 Å². The first-order chi connectivity index (χ1) is 11.5. The molecule has 1 aliphatic rings. The smallest absolute Gasteiger partial charge is 0.161 e. The Bertz CT molecular complexity index is 784. The van der Waals surface area contributed by atoms with E-state index < -0.39 is 9.73 Å². The Morgan fingerprint density at radius 3 is 2.54 bits per heavy atom. The van der Waals surface area contributed by atoms with E-state index in [4.69, 9.17) is 4.98 Å². The van der Waals surface area contributed by atoms with Crippen LogP contribution >= 0.6 is 0 Å². The van der Waals surface area contributed by atoms with Gasteiger partial charge < -0.3 is 4.90 Å². The number of hydrogen-bond donors (Lipinski definition) is 0. The van der Waals surface area contributed by atoms with Gasteiger partial charge in [0.1, 0.15) is 5.82 Å². The van der Waals surface area contributed by atoms with Gasteiger partial charge in [0.15, 0.2) is 5.82 Å². The molecule has 0 aliphatic carbocycles. The van der Waals surface area contributed by atoms with Crippen LogP contribution in [0.2, 0.25) is 0 Å². The number of anilines is 1. The van der Waals surface area contributed by atoms with Gasteiger partial charge >= 0.3 is 0 Å². The summed E-state index contributed by atoms with van der Waals surface area (Å²) in [6.07, 6.45) is 7.35. The van der Waals surface area contributed by atoms with Gasteiger partial charge in [0.25, 0.3) is 0 Å². The number of rotatable bonds is 4. The zero-order valence-electron chi connectivity index (χ0n) is 14.3. The van der Waals surface area contributed by atoms with Crippen LogP contribution in [-0.4, -0.2) is 46.3 Å². The van der Waals surface area contributed by atoms with Gasteiger partial charge in [0, 0.05) is 47.1 Å². The van der Waals surface area contributed by atoms with Crippen LogP contribution in [0.5, 0.6) is 0 Å². The minimum Gasteiger partial charge on any atom is -0.356 e. The lowest BCUT2D eigenvalue weighted by atomic mass is 9.97. The van der Waals surface area contributed by atoms with Gasteiger partial charge in [-0.05, 0) is 24.8 Å². The second kappa shape index (κ2) is 7.30. The zero-order valence-corrected chi connectivity index (χ0v) is 15.1. The summed E-state index contributed by atoms with van der Waals surface area (Å²) in [5.74, 6) is 2.27. The zero-order chi connectivity index (χ0) is 17.0. The first-order valence-electron chi connectivity index (χ1n) is 8.27. The lowest BCUT2D eigenvalue weighted by Gasteiger charge is -2.32. The number of aromatic nitrogens is 2. The molecule has 0 bridgehead atoms. The molecule has 1 fully saturated rings. The molecule has 1 aromatic carbocycles.